The van der Waals surface area contributed by atoms with E-state index in [-0.39, 0.29) is 5.54 Å². The van der Waals surface area contributed by atoms with Gasteiger partial charge in [-0.05, 0) is 56.7 Å². The molecule has 0 aromatic heterocycles. The molecule has 0 heterocycles. The molecule has 3 heteroatoms. The number of hydrogen-bond acceptors (Lipinski definition) is 3. The highest BCUT2D eigenvalue weighted by Crippen LogP contribution is 2.27. The monoisotopic (exact) mass is 285 g/mol. The van der Waals surface area contributed by atoms with Crippen LogP contribution in [0.5, 0.6) is 17.2 Å². The van der Waals surface area contributed by atoms with Crippen molar-refractivity contribution in [3.63, 3.8) is 0 Å². The number of methoxy groups -OCH3 is 1. The van der Waals surface area contributed by atoms with Gasteiger partial charge in [0.1, 0.15) is 17.2 Å². The highest BCUT2D eigenvalue weighted by Gasteiger charge is 2.13. The van der Waals surface area contributed by atoms with E-state index in [1.807, 2.05) is 48.5 Å². The summed E-state index contributed by atoms with van der Waals surface area (Å²) in [6.07, 6.45) is 1.06. The molecule has 112 valence electrons. The fourth-order valence-corrected chi connectivity index (χ4v) is 1.89. The van der Waals surface area contributed by atoms with E-state index in [9.17, 15) is 0 Å². The van der Waals surface area contributed by atoms with E-state index in [4.69, 9.17) is 9.47 Å². The lowest BCUT2D eigenvalue weighted by atomic mass is 10.0. The summed E-state index contributed by atoms with van der Waals surface area (Å²) in [4.78, 5) is 0. The lowest BCUT2D eigenvalue weighted by Gasteiger charge is -2.26. The smallest absolute Gasteiger partial charge is 0.131 e. The van der Waals surface area contributed by atoms with E-state index in [0.29, 0.717) is 0 Å². The summed E-state index contributed by atoms with van der Waals surface area (Å²) in [5.41, 5.74) is 1.19. The van der Waals surface area contributed by atoms with Gasteiger partial charge in [-0.1, -0.05) is 13.0 Å². The lowest BCUT2D eigenvalue weighted by Crippen LogP contribution is -2.29. The van der Waals surface area contributed by atoms with Crippen LogP contribution in [-0.4, -0.2) is 12.6 Å². The maximum atomic E-state index is 5.82. The normalized spacial score (nSPS) is 11.0. The molecule has 21 heavy (non-hydrogen) atoms. The number of nitrogens with one attached hydrogen (secondary N) is 1. The predicted octanol–water partition coefficient (Wildman–Crippen LogP) is 5.09. The summed E-state index contributed by atoms with van der Waals surface area (Å²) in [5, 5.41) is 3.50. The summed E-state index contributed by atoms with van der Waals surface area (Å²) < 4.78 is 11.0. The van der Waals surface area contributed by atoms with Crippen molar-refractivity contribution in [2.75, 3.05) is 12.4 Å². The van der Waals surface area contributed by atoms with Crippen molar-refractivity contribution >= 4 is 5.69 Å². The van der Waals surface area contributed by atoms with Crippen LogP contribution in [0.25, 0.3) is 0 Å². The Morgan fingerprint density at radius 1 is 0.952 bits per heavy atom. The third-order valence-electron chi connectivity index (χ3n) is 3.50. The molecule has 0 amide bonds. The molecule has 0 bridgehead atoms. The Bertz CT molecular complexity index is 576. The summed E-state index contributed by atoms with van der Waals surface area (Å²) >= 11 is 0. The van der Waals surface area contributed by atoms with Crippen LogP contribution in [0, 0.1) is 0 Å². The number of ether oxygens (including phenoxy) is 2. The lowest BCUT2D eigenvalue weighted by molar-refractivity contribution is 0.409. The first-order chi connectivity index (χ1) is 10.0. The van der Waals surface area contributed by atoms with Crippen molar-refractivity contribution in [1.82, 2.24) is 0 Å². The minimum Gasteiger partial charge on any atom is -0.497 e. The van der Waals surface area contributed by atoms with Gasteiger partial charge in [-0.25, -0.2) is 0 Å². The molecule has 0 spiro atoms. The van der Waals surface area contributed by atoms with Gasteiger partial charge in [-0.15, -0.1) is 0 Å². The third kappa shape index (κ3) is 4.42. The second-order valence-corrected chi connectivity index (χ2v) is 5.67. The van der Waals surface area contributed by atoms with Gasteiger partial charge in [0.05, 0.1) is 7.11 Å². The second-order valence-electron chi connectivity index (χ2n) is 5.67. The largest absolute Gasteiger partial charge is 0.497 e. The first kappa shape index (κ1) is 15.2. The van der Waals surface area contributed by atoms with Gasteiger partial charge in [-0.2, -0.15) is 0 Å². The summed E-state index contributed by atoms with van der Waals surface area (Å²) in [5.74, 6) is 2.36. The van der Waals surface area contributed by atoms with Crippen molar-refractivity contribution in [2.24, 2.45) is 0 Å². The zero-order valence-corrected chi connectivity index (χ0v) is 13.1. The Kier molecular flexibility index (Phi) is 4.73. The molecule has 3 nitrogen and oxygen atoms in total. The predicted molar refractivity (Wildman–Crippen MR) is 87.5 cm³/mol. The molecule has 0 aliphatic carbocycles. The van der Waals surface area contributed by atoms with E-state index in [2.05, 4.69) is 26.1 Å². The topological polar surface area (TPSA) is 30.5 Å². The van der Waals surface area contributed by atoms with Crippen LogP contribution in [-0.2, 0) is 0 Å². The molecule has 0 aliphatic rings. The summed E-state index contributed by atoms with van der Waals surface area (Å²) in [6, 6.07) is 15.6. The highest BCUT2D eigenvalue weighted by molar-refractivity contribution is 5.49. The van der Waals surface area contributed by atoms with Crippen molar-refractivity contribution in [2.45, 2.75) is 32.7 Å². The molecule has 0 unspecified atom stereocenters. The first-order valence-electron chi connectivity index (χ1n) is 7.22. The molecule has 2 aromatic rings. The van der Waals surface area contributed by atoms with Crippen LogP contribution in [0.15, 0.2) is 48.5 Å². The molecule has 0 saturated carbocycles. The minimum absolute atomic E-state index is 0.0924. The van der Waals surface area contributed by atoms with Crippen LogP contribution < -0.4 is 14.8 Å². The molecule has 0 radical (unpaired) electrons. The quantitative estimate of drug-likeness (QED) is 0.802. The van der Waals surface area contributed by atoms with Crippen molar-refractivity contribution in [3.8, 4) is 17.2 Å². The van der Waals surface area contributed by atoms with Crippen molar-refractivity contribution < 1.29 is 9.47 Å². The van der Waals surface area contributed by atoms with Crippen LogP contribution in [0.3, 0.4) is 0 Å². The van der Waals surface area contributed by atoms with E-state index in [1.54, 1.807) is 7.11 Å². The van der Waals surface area contributed by atoms with Gasteiger partial charge in [0.15, 0.2) is 0 Å². The third-order valence-corrected chi connectivity index (χ3v) is 3.50. The molecular formula is C18H23NO2. The standard InChI is InChI=1S/C18H23NO2/c1-5-18(2,3)19-14-9-11-15(12-10-14)21-17-8-6-7-16(13-17)20-4/h6-13,19H,5H2,1-4H3. The molecule has 0 aliphatic heterocycles. The van der Waals surface area contributed by atoms with Gasteiger partial charge in [-0.3, -0.25) is 0 Å². The molecule has 0 atom stereocenters. The Balaban J connectivity index is 2.05. The molecule has 2 rings (SSSR count). The van der Waals surface area contributed by atoms with Gasteiger partial charge < -0.3 is 14.8 Å². The number of rotatable bonds is 6. The fraction of sp³-hybridized carbons (Fsp3) is 0.333. The zero-order chi connectivity index (χ0) is 15.3. The Morgan fingerprint density at radius 3 is 2.24 bits per heavy atom. The summed E-state index contributed by atoms with van der Waals surface area (Å²) in [7, 11) is 1.65. The highest BCUT2D eigenvalue weighted by atomic mass is 16.5. The fourth-order valence-electron chi connectivity index (χ4n) is 1.89. The number of benzene rings is 2. The van der Waals surface area contributed by atoms with E-state index >= 15 is 0 Å². The van der Waals surface area contributed by atoms with Crippen molar-refractivity contribution in [1.29, 1.82) is 0 Å². The Labute approximate surface area is 126 Å². The Hall–Kier alpha value is -2.16. The van der Waals surface area contributed by atoms with Crippen LogP contribution in [0.4, 0.5) is 5.69 Å². The molecule has 0 saturated heterocycles. The van der Waals surface area contributed by atoms with Gasteiger partial charge in [0, 0.05) is 17.3 Å². The minimum atomic E-state index is 0.0924. The zero-order valence-electron chi connectivity index (χ0n) is 13.1. The maximum Gasteiger partial charge on any atom is 0.131 e. The van der Waals surface area contributed by atoms with Gasteiger partial charge >= 0.3 is 0 Å². The van der Waals surface area contributed by atoms with Crippen LogP contribution in [0.2, 0.25) is 0 Å². The van der Waals surface area contributed by atoms with E-state index < -0.39 is 0 Å². The molecule has 0 fully saturated rings. The molecular weight excluding hydrogens is 262 g/mol. The number of anilines is 1. The average Bonchev–Trinajstić information content (AvgIpc) is 2.49. The van der Waals surface area contributed by atoms with E-state index in [1.165, 1.54) is 0 Å². The summed E-state index contributed by atoms with van der Waals surface area (Å²) in [6.45, 7) is 6.55. The number of hydrogen-bond donors (Lipinski definition) is 1. The second kappa shape index (κ2) is 6.53. The SMILES string of the molecule is CCC(C)(C)Nc1ccc(Oc2cccc(OC)c2)cc1. The van der Waals surface area contributed by atoms with E-state index in [0.717, 1.165) is 29.4 Å². The van der Waals surface area contributed by atoms with Gasteiger partial charge in [0.2, 0.25) is 0 Å². The average molecular weight is 285 g/mol. The van der Waals surface area contributed by atoms with Crippen LogP contribution >= 0.6 is 0 Å². The van der Waals surface area contributed by atoms with Gasteiger partial charge in [0.25, 0.3) is 0 Å². The Morgan fingerprint density at radius 2 is 1.62 bits per heavy atom. The van der Waals surface area contributed by atoms with Crippen molar-refractivity contribution in [3.05, 3.63) is 48.5 Å². The molecule has 2 aromatic carbocycles. The maximum absolute atomic E-state index is 5.82. The first-order valence-corrected chi connectivity index (χ1v) is 7.22. The van der Waals surface area contributed by atoms with Crippen LogP contribution in [0.1, 0.15) is 27.2 Å². The molecule has 1 N–H and O–H groups in total.